The fourth-order valence-electron chi connectivity index (χ4n) is 3.14. The lowest BCUT2D eigenvalue weighted by molar-refractivity contribution is -0.150. The second-order valence-electron chi connectivity index (χ2n) is 6.33. The summed E-state index contributed by atoms with van der Waals surface area (Å²) in [6.45, 7) is 7.45. The van der Waals surface area contributed by atoms with Crippen LogP contribution >= 0.6 is 11.6 Å². The summed E-state index contributed by atoms with van der Waals surface area (Å²) in [6.07, 6.45) is 0. The fraction of sp³-hybridized carbons (Fsp3) is 0.562. The van der Waals surface area contributed by atoms with E-state index in [0.717, 1.165) is 18.7 Å². The van der Waals surface area contributed by atoms with Crippen molar-refractivity contribution >= 4 is 17.5 Å². The topological polar surface area (TPSA) is 49.6 Å². The van der Waals surface area contributed by atoms with E-state index in [0.29, 0.717) is 5.02 Å². The van der Waals surface area contributed by atoms with Crippen LogP contribution in [0.2, 0.25) is 5.02 Å². The highest BCUT2D eigenvalue weighted by Crippen LogP contribution is 2.34. The number of rotatable bonds is 3. The Balaban J connectivity index is 2.38. The Bertz CT molecular complexity index is 513. The molecule has 2 N–H and O–H groups in total. The largest absolute Gasteiger partial charge is 0.343 e. The molecule has 116 valence electrons. The number of benzene rings is 1. The lowest BCUT2D eigenvalue weighted by Crippen LogP contribution is -2.64. The molecule has 1 amide bonds. The summed E-state index contributed by atoms with van der Waals surface area (Å²) in [6, 6.07) is 7.65. The molecule has 0 bridgehead atoms. The number of halogens is 1. The number of nitrogens with two attached hydrogens (primary N) is 1. The van der Waals surface area contributed by atoms with E-state index in [1.165, 1.54) is 0 Å². The predicted octanol–water partition coefficient (Wildman–Crippen LogP) is 2.28. The Hall–Kier alpha value is -1.10. The van der Waals surface area contributed by atoms with Crippen molar-refractivity contribution in [3.05, 3.63) is 34.9 Å². The number of hydrogen-bond donors (Lipinski definition) is 1. The van der Waals surface area contributed by atoms with Crippen LogP contribution in [0, 0.1) is 0 Å². The van der Waals surface area contributed by atoms with Gasteiger partial charge in [0.25, 0.3) is 0 Å². The van der Waals surface area contributed by atoms with Gasteiger partial charge in [0.2, 0.25) is 5.91 Å². The molecule has 1 aliphatic heterocycles. The van der Waals surface area contributed by atoms with E-state index in [4.69, 9.17) is 17.3 Å². The molecule has 0 aromatic heterocycles. The Morgan fingerprint density at radius 1 is 1.24 bits per heavy atom. The van der Waals surface area contributed by atoms with Crippen LogP contribution in [0.15, 0.2) is 24.3 Å². The minimum Gasteiger partial charge on any atom is -0.343 e. The molecule has 21 heavy (non-hydrogen) atoms. The van der Waals surface area contributed by atoms with Crippen molar-refractivity contribution in [1.29, 1.82) is 0 Å². The maximum atomic E-state index is 12.5. The molecule has 0 radical (unpaired) electrons. The third-order valence-corrected chi connectivity index (χ3v) is 4.56. The molecule has 1 aliphatic rings. The average molecular weight is 310 g/mol. The first-order valence-electron chi connectivity index (χ1n) is 7.28. The minimum atomic E-state index is -0.565. The summed E-state index contributed by atoms with van der Waals surface area (Å²) in [5.74, 6) is 0.133. The van der Waals surface area contributed by atoms with E-state index in [1.807, 2.05) is 52.1 Å². The number of piperazine rings is 1. The van der Waals surface area contributed by atoms with Crippen molar-refractivity contribution in [2.45, 2.75) is 38.4 Å². The Kier molecular flexibility index (Phi) is 4.61. The van der Waals surface area contributed by atoms with E-state index in [2.05, 4.69) is 4.90 Å². The first kappa shape index (κ1) is 16.3. The van der Waals surface area contributed by atoms with Gasteiger partial charge in [0.1, 0.15) is 0 Å². The highest BCUT2D eigenvalue weighted by atomic mass is 35.5. The zero-order valence-corrected chi connectivity index (χ0v) is 13.9. The molecule has 0 saturated carbocycles. The highest BCUT2D eigenvalue weighted by Gasteiger charge is 2.44. The van der Waals surface area contributed by atoms with E-state index in [1.54, 1.807) is 4.90 Å². The van der Waals surface area contributed by atoms with E-state index >= 15 is 0 Å². The van der Waals surface area contributed by atoms with Crippen LogP contribution in [0.3, 0.4) is 0 Å². The van der Waals surface area contributed by atoms with Crippen LogP contribution in [0.25, 0.3) is 0 Å². The fourth-order valence-corrected chi connectivity index (χ4v) is 3.27. The number of hydrogen-bond acceptors (Lipinski definition) is 3. The van der Waals surface area contributed by atoms with Gasteiger partial charge in [-0.25, -0.2) is 0 Å². The summed E-state index contributed by atoms with van der Waals surface area (Å²) < 4.78 is 0. The molecule has 0 aliphatic carbocycles. The smallest absolute Gasteiger partial charge is 0.242 e. The lowest BCUT2D eigenvalue weighted by atomic mass is 9.90. The quantitative estimate of drug-likeness (QED) is 0.932. The molecule has 1 aromatic carbocycles. The third-order valence-electron chi connectivity index (χ3n) is 4.31. The number of likely N-dealkylation sites (N-methyl/N-ethyl adjacent to an activating group) is 1. The van der Waals surface area contributed by atoms with Crippen LogP contribution in [0.5, 0.6) is 0 Å². The molecule has 2 unspecified atom stereocenters. The van der Waals surface area contributed by atoms with Gasteiger partial charge < -0.3 is 10.6 Å². The van der Waals surface area contributed by atoms with Gasteiger partial charge in [-0.05, 0) is 38.5 Å². The monoisotopic (exact) mass is 309 g/mol. The number of nitrogens with zero attached hydrogens (tertiary/aromatic N) is 2. The standard InChI is InChI=1S/C16H24ClN3O/c1-11(18)14(12-5-7-13(17)8-6-12)20-10-9-19(4)15(21)16(20,2)3/h5-8,11,14H,9-10,18H2,1-4H3. The maximum Gasteiger partial charge on any atom is 0.242 e. The molecular formula is C16H24ClN3O. The molecule has 1 heterocycles. The molecule has 5 heteroatoms. The summed E-state index contributed by atoms with van der Waals surface area (Å²) in [5, 5.41) is 0.705. The molecule has 2 atom stereocenters. The van der Waals surface area contributed by atoms with Crippen LogP contribution in [0.4, 0.5) is 0 Å². The normalized spacial score (nSPS) is 22.2. The summed E-state index contributed by atoms with van der Waals surface area (Å²) in [7, 11) is 1.85. The van der Waals surface area contributed by atoms with Crippen LogP contribution < -0.4 is 5.73 Å². The predicted molar refractivity (Wildman–Crippen MR) is 86.3 cm³/mol. The van der Waals surface area contributed by atoms with Gasteiger partial charge in [0.05, 0.1) is 11.6 Å². The van der Waals surface area contributed by atoms with Crippen LogP contribution in [-0.4, -0.2) is 47.4 Å². The third kappa shape index (κ3) is 3.07. The summed E-state index contributed by atoms with van der Waals surface area (Å²) >= 11 is 5.97. The molecule has 1 aromatic rings. The van der Waals surface area contributed by atoms with Gasteiger partial charge in [-0.3, -0.25) is 9.69 Å². The molecule has 4 nitrogen and oxygen atoms in total. The second-order valence-corrected chi connectivity index (χ2v) is 6.77. The van der Waals surface area contributed by atoms with Crippen molar-refractivity contribution < 1.29 is 4.79 Å². The highest BCUT2D eigenvalue weighted by molar-refractivity contribution is 6.30. The Labute approximate surface area is 131 Å². The molecule has 1 fully saturated rings. The van der Waals surface area contributed by atoms with Crippen molar-refractivity contribution in [1.82, 2.24) is 9.80 Å². The lowest BCUT2D eigenvalue weighted by Gasteiger charge is -2.49. The zero-order valence-electron chi connectivity index (χ0n) is 13.1. The van der Waals surface area contributed by atoms with E-state index in [9.17, 15) is 4.79 Å². The van der Waals surface area contributed by atoms with Gasteiger partial charge >= 0.3 is 0 Å². The SMILES string of the molecule is CC(N)C(c1ccc(Cl)cc1)N1CCN(C)C(=O)C1(C)C. The van der Waals surface area contributed by atoms with Crippen molar-refractivity contribution in [3.63, 3.8) is 0 Å². The number of amides is 1. The first-order chi connectivity index (χ1) is 9.75. The Morgan fingerprint density at radius 2 is 1.81 bits per heavy atom. The zero-order chi connectivity index (χ0) is 15.8. The van der Waals surface area contributed by atoms with Crippen LogP contribution in [0.1, 0.15) is 32.4 Å². The van der Waals surface area contributed by atoms with Gasteiger partial charge in [-0.1, -0.05) is 23.7 Å². The molecular weight excluding hydrogens is 286 g/mol. The average Bonchev–Trinajstić information content (AvgIpc) is 2.41. The van der Waals surface area contributed by atoms with Crippen LogP contribution in [-0.2, 0) is 4.79 Å². The van der Waals surface area contributed by atoms with Gasteiger partial charge in [0, 0.05) is 31.2 Å². The van der Waals surface area contributed by atoms with Crippen molar-refractivity contribution in [3.8, 4) is 0 Å². The van der Waals surface area contributed by atoms with E-state index < -0.39 is 5.54 Å². The van der Waals surface area contributed by atoms with Gasteiger partial charge in [-0.15, -0.1) is 0 Å². The second kappa shape index (κ2) is 5.95. The van der Waals surface area contributed by atoms with Gasteiger partial charge in [-0.2, -0.15) is 0 Å². The van der Waals surface area contributed by atoms with Crippen molar-refractivity contribution in [2.24, 2.45) is 5.73 Å². The van der Waals surface area contributed by atoms with Gasteiger partial charge in [0.15, 0.2) is 0 Å². The van der Waals surface area contributed by atoms with E-state index in [-0.39, 0.29) is 18.0 Å². The number of carbonyl (C=O) groups excluding carboxylic acids is 1. The minimum absolute atomic E-state index is 0.00471. The molecule has 0 spiro atoms. The van der Waals surface area contributed by atoms with Crippen molar-refractivity contribution in [2.75, 3.05) is 20.1 Å². The molecule has 1 saturated heterocycles. The first-order valence-corrected chi connectivity index (χ1v) is 7.66. The molecule has 2 rings (SSSR count). The maximum absolute atomic E-state index is 12.5. The summed E-state index contributed by atoms with van der Waals surface area (Å²) in [4.78, 5) is 16.5. The Morgan fingerprint density at radius 3 is 2.33 bits per heavy atom. The summed E-state index contributed by atoms with van der Waals surface area (Å²) in [5.41, 5.74) is 6.77. The number of carbonyl (C=O) groups is 1.